The Hall–Kier alpha value is -2.14. The second-order valence-electron chi connectivity index (χ2n) is 5.99. The molecule has 2 aromatic rings. The Kier molecular flexibility index (Phi) is 5.08. The highest BCUT2D eigenvalue weighted by molar-refractivity contribution is 7.80. The van der Waals surface area contributed by atoms with Crippen molar-refractivity contribution < 1.29 is 4.79 Å². The van der Waals surface area contributed by atoms with Crippen molar-refractivity contribution in [3.8, 4) is 0 Å². The number of carbonyl (C=O) groups is 1. The van der Waals surface area contributed by atoms with Crippen LogP contribution in [-0.4, -0.2) is 17.1 Å². The number of benzene rings is 2. The van der Waals surface area contributed by atoms with E-state index >= 15 is 0 Å². The third-order valence-corrected chi connectivity index (χ3v) is 4.40. The van der Waals surface area contributed by atoms with E-state index < -0.39 is 0 Å². The summed E-state index contributed by atoms with van der Waals surface area (Å²) in [6, 6.07) is 14.6. The van der Waals surface area contributed by atoms with Crippen LogP contribution in [0, 0.1) is 0 Å². The lowest BCUT2D eigenvalue weighted by Crippen LogP contribution is -2.49. The smallest absolute Gasteiger partial charge is 0.242 e. The predicted octanol–water partition coefficient (Wildman–Crippen LogP) is 2.82. The van der Waals surface area contributed by atoms with Gasteiger partial charge in [0.25, 0.3) is 0 Å². The molecule has 0 aliphatic heterocycles. The van der Waals surface area contributed by atoms with Gasteiger partial charge in [-0.3, -0.25) is 15.6 Å². The van der Waals surface area contributed by atoms with Gasteiger partial charge in [0.2, 0.25) is 5.91 Å². The van der Waals surface area contributed by atoms with E-state index in [9.17, 15) is 4.79 Å². The van der Waals surface area contributed by atoms with Crippen LogP contribution in [0.4, 0.5) is 0 Å². The van der Waals surface area contributed by atoms with E-state index in [1.165, 1.54) is 18.2 Å². The minimum absolute atomic E-state index is 0.101. The molecule has 0 unspecified atom stereocenters. The first-order chi connectivity index (χ1) is 11.2. The quantitative estimate of drug-likeness (QED) is 0.599. The van der Waals surface area contributed by atoms with Crippen molar-refractivity contribution in [3.05, 3.63) is 48.0 Å². The molecule has 23 heavy (non-hydrogen) atoms. The predicted molar refractivity (Wildman–Crippen MR) is 96.9 cm³/mol. The van der Waals surface area contributed by atoms with E-state index in [-0.39, 0.29) is 5.91 Å². The Morgan fingerprint density at radius 3 is 2.57 bits per heavy atom. The molecule has 2 aromatic carbocycles. The van der Waals surface area contributed by atoms with Crippen molar-refractivity contribution in [1.82, 2.24) is 16.2 Å². The van der Waals surface area contributed by atoms with Crippen LogP contribution in [0.5, 0.6) is 0 Å². The summed E-state index contributed by atoms with van der Waals surface area (Å²) in [5, 5.41) is 6.04. The molecular weight excluding hydrogens is 306 g/mol. The number of hydrogen-bond acceptors (Lipinski definition) is 2. The van der Waals surface area contributed by atoms with Crippen molar-refractivity contribution >= 4 is 34.0 Å². The standard InChI is InChI=1S/C18H21N3OS/c22-17(20-21-18(23)19-16-7-3-4-8-16)12-13-9-10-14-5-1-2-6-15(14)11-13/h1-2,5-6,9-11,16H,3-4,7-8,12H2,(H,20,22)(H2,19,21,23). The summed E-state index contributed by atoms with van der Waals surface area (Å²) >= 11 is 5.20. The molecule has 0 radical (unpaired) electrons. The van der Waals surface area contributed by atoms with Crippen LogP contribution in [0.15, 0.2) is 42.5 Å². The van der Waals surface area contributed by atoms with E-state index in [0.29, 0.717) is 17.6 Å². The molecule has 1 amide bonds. The van der Waals surface area contributed by atoms with Gasteiger partial charge >= 0.3 is 0 Å². The second-order valence-corrected chi connectivity index (χ2v) is 6.39. The van der Waals surface area contributed by atoms with E-state index in [4.69, 9.17) is 12.2 Å². The first-order valence-electron chi connectivity index (χ1n) is 8.04. The third kappa shape index (κ3) is 4.42. The Balaban J connectivity index is 1.48. The molecule has 4 nitrogen and oxygen atoms in total. The van der Waals surface area contributed by atoms with Crippen LogP contribution in [0.2, 0.25) is 0 Å². The van der Waals surface area contributed by atoms with Gasteiger partial charge in [0.15, 0.2) is 5.11 Å². The number of thiocarbonyl (C=S) groups is 1. The minimum atomic E-state index is -0.101. The molecule has 0 aromatic heterocycles. The fourth-order valence-corrected chi connectivity index (χ4v) is 3.21. The normalized spacial score (nSPS) is 14.6. The molecule has 5 heteroatoms. The Morgan fingerprint density at radius 1 is 1.04 bits per heavy atom. The van der Waals surface area contributed by atoms with Gasteiger partial charge in [0.05, 0.1) is 6.42 Å². The lowest BCUT2D eigenvalue weighted by Gasteiger charge is -2.16. The van der Waals surface area contributed by atoms with Crippen molar-refractivity contribution in [2.24, 2.45) is 0 Å². The molecular formula is C18H21N3OS. The number of hydrazine groups is 1. The largest absolute Gasteiger partial charge is 0.359 e. The average Bonchev–Trinajstić information content (AvgIpc) is 3.06. The Morgan fingerprint density at radius 2 is 1.78 bits per heavy atom. The van der Waals surface area contributed by atoms with Gasteiger partial charge in [-0.1, -0.05) is 55.3 Å². The van der Waals surface area contributed by atoms with Gasteiger partial charge < -0.3 is 5.32 Å². The monoisotopic (exact) mass is 327 g/mol. The maximum atomic E-state index is 12.0. The molecule has 3 rings (SSSR count). The van der Waals surface area contributed by atoms with Gasteiger partial charge in [-0.2, -0.15) is 0 Å². The fraction of sp³-hybridized carbons (Fsp3) is 0.333. The van der Waals surface area contributed by atoms with Gasteiger partial charge in [0.1, 0.15) is 0 Å². The van der Waals surface area contributed by atoms with Crippen LogP contribution in [0.25, 0.3) is 10.8 Å². The highest BCUT2D eigenvalue weighted by atomic mass is 32.1. The number of carbonyl (C=O) groups excluding carboxylic acids is 1. The van der Waals surface area contributed by atoms with Crippen LogP contribution in [-0.2, 0) is 11.2 Å². The van der Waals surface area contributed by atoms with Crippen LogP contribution < -0.4 is 16.2 Å². The van der Waals surface area contributed by atoms with Crippen molar-refractivity contribution in [2.75, 3.05) is 0 Å². The van der Waals surface area contributed by atoms with Crippen LogP contribution >= 0.6 is 12.2 Å². The van der Waals surface area contributed by atoms with Crippen LogP contribution in [0.1, 0.15) is 31.2 Å². The number of fused-ring (bicyclic) bond motifs is 1. The van der Waals surface area contributed by atoms with E-state index in [0.717, 1.165) is 23.8 Å². The summed E-state index contributed by atoms with van der Waals surface area (Å²) in [5.41, 5.74) is 6.43. The van der Waals surface area contributed by atoms with Crippen molar-refractivity contribution in [1.29, 1.82) is 0 Å². The zero-order valence-electron chi connectivity index (χ0n) is 13.0. The lowest BCUT2D eigenvalue weighted by atomic mass is 10.1. The molecule has 120 valence electrons. The topological polar surface area (TPSA) is 53.2 Å². The molecule has 3 N–H and O–H groups in total. The highest BCUT2D eigenvalue weighted by Gasteiger charge is 2.15. The first-order valence-corrected chi connectivity index (χ1v) is 8.44. The SMILES string of the molecule is O=C(Cc1ccc2ccccc2c1)NNC(=S)NC1CCCC1. The summed E-state index contributed by atoms with van der Waals surface area (Å²) < 4.78 is 0. The molecule has 1 aliphatic rings. The molecule has 0 heterocycles. The third-order valence-electron chi connectivity index (χ3n) is 4.18. The van der Waals surface area contributed by atoms with E-state index in [2.05, 4.69) is 28.3 Å². The summed E-state index contributed by atoms with van der Waals surface area (Å²) in [6.45, 7) is 0. The first kappa shape index (κ1) is 15.7. The lowest BCUT2D eigenvalue weighted by molar-refractivity contribution is -0.121. The van der Waals surface area contributed by atoms with E-state index in [1.807, 2.05) is 30.3 Å². The molecule has 0 atom stereocenters. The van der Waals surface area contributed by atoms with Gasteiger partial charge in [0, 0.05) is 6.04 Å². The molecule has 1 fully saturated rings. The van der Waals surface area contributed by atoms with E-state index in [1.54, 1.807) is 0 Å². The average molecular weight is 327 g/mol. The van der Waals surface area contributed by atoms with Gasteiger partial charge in [-0.25, -0.2) is 0 Å². The zero-order chi connectivity index (χ0) is 16.1. The molecule has 1 saturated carbocycles. The molecule has 0 saturated heterocycles. The Labute approximate surface area is 141 Å². The van der Waals surface area contributed by atoms with Crippen LogP contribution in [0.3, 0.4) is 0 Å². The van der Waals surface area contributed by atoms with Gasteiger partial charge in [-0.05, 0) is 41.4 Å². The molecule has 1 aliphatic carbocycles. The van der Waals surface area contributed by atoms with Gasteiger partial charge in [-0.15, -0.1) is 0 Å². The number of rotatable bonds is 3. The summed E-state index contributed by atoms with van der Waals surface area (Å²) in [7, 11) is 0. The summed E-state index contributed by atoms with van der Waals surface area (Å²) in [5.74, 6) is -0.101. The fourth-order valence-electron chi connectivity index (χ4n) is 3.00. The summed E-state index contributed by atoms with van der Waals surface area (Å²) in [6.07, 6.45) is 5.10. The van der Waals surface area contributed by atoms with Crippen molar-refractivity contribution in [2.45, 2.75) is 38.1 Å². The van der Waals surface area contributed by atoms with Crippen molar-refractivity contribution in [3.63, 3.8) is 0 Å². The summed E-state index contributed by atoms with van der Waals surface area (Å²) in [4.78, 5) is 12.0. The number of hydrogen-bond donors (Lipinski definition) is 3. The highest BCUT2D eigenvalue weighted by Crippen LogP contribution is 2.17. The minimum Gasteiger partial charge on any atom is -0.359 e. The Bertz CT molecular complexity index is 710. The molecule has 0 bridgehead atoms. The second kappa shape index (κ2) is 7.42. The number of nitrogens with one attached hydrogen (secondary N) is 3. The zero-order valence-corrected chi connectivity index (χ0v) is 13.8. The maximum Gasteiger partial charge on any atom is 0.242 e. The number of amides is 1. The molecule has 0 spiro atoms. The maximum absolute atomic E-state index is 12.0.